The summed E-state index contributed by atoms with van der Waals surface area (Å²) < 4.78 is 6.45. The third-order valence-corrected chi connectivity index (χ3v) is 8.79. The average Bonchev–Trinajstić information content (AvgIpc) is 3.41. The molecule has 0 unspecified atom stereocenters. The van der Waals surface area contributed by atoms with E-state index in [-0.39, 0.29) is 0 Å². The van der Waals surface area contributed by atoms with Crippen molar-refractivity contribution in [1.82, 2.24) is 25.1 Å². The molecule has 3 N–H and O–H groups in total. The summed E-state index contributed by atoms with van der Waals surface area (Å²) in [6.45, 7) is 10.5. The Hall–Kier alpha value is -2.27. The summed E-state index contributed by atoms with van der Waals surface area (Å²) in [4.78, 5) is 15.6. The lowest BCUT2D eigenvalue weighted by atomic mass is 9.96. The minimum Gasteiger partial charge on any atom is -0.385 e. The standard InChI is InChI=1S/C25H35N7O2S/c1-25(2,33)20-13-19-22(35-20)23(27-21-14-18(29-30-21)17-3-4-17)28-24(26-19)32-7-5-16(6-8-32)15-31-9-11-34-12-10-31/h13-14,16-17,33H,3-12,15H2,1-2H3,(H2,26,27,28,29,30). The van der Waals surface area contributed by atoms with Crippen LogP contribution >= 0.6 is 11.3 Å². The summed E-state index contributed by atoms with van der Waals surface area (Å²) in [5.41, 5.74) is 1.13. The minimum absolute atomic E-state index is 0.612. The maximum Gasteiger partial charge on any atom is 0.227 e. The SMILES string of the molecule is CC(C)(O)c1cc2nc(N3CCC(CN4CCOCC4)CC3)nc(Nc3cc(C4CC4)[nH]n3)c2s1. The van der Waals surface area contributed by atoms with E-state index in [2.05, 4.69) is 31.4 Å². The molecule has 188 valence electrons. The second-order valence-electron chi connectivity index (χ2n) is 10.7. The molecular weight excluding hydrogens is 462 g/mol. The van der Waals surface area contributed by atoms with Crippen LogP contribution in [0, 0.1) is 5.92 Å². The zero-order valence-electron chi connectivity index (χ0n) is 20.6. The molecule has 1 saturated carbocycles. The molecule has 0 bridgehead atoms. The van der Waals surface area contributed by atoms with Crippen molar-refractivity contribution in [3.8, 4) is 0 Å². The van der Waals surface area contributed by atoms with E-state index in [1.54, 1.807) is 11.3 Å². The Morgan fingerprint density at radius 3 is 2.60 bits per heavy atom. The fraction of sp³-hybridized carbons (Fsp3) is 0.640. The fourth-order valence-electron chi connectivity index (χ4n) is 5.04. The first-order chi connectivity index (χ1) is 16.9. The Bertz CT molecular complexity index is 1170. The zero-order chi connectivity index (χ0) is 24.0. The normalized spacial score (nSPS) is 20.6. The van der Waals surface area contributed by atoms with Crippen LogP contribution in [-0.4, -0.2) is 76.1 Å². The van der Waals surface area contributed by atoms with Crippen molar-refractivity contribution in [2.75, 3.05) is 56.2 Å². The van der Waals surface area contributed by atoms with Crippen LogP contribution in [0.1, 0.15) is 56.0 Å². The van der Waals surface area contributed by atoms with Crippen LogP contribution in [0.2, 0.25) is 0 Å². The first-order valence-electron chi connectivity index (χ1n) is 12.8. The van der Waals surface area contributed by atoms with Crippen LogP contribution in [0.3, 0.4) is 0 Å². The van der Waals surface area contributed by atoms with Crippen LogP contribution < -0.4 is 10.2 Å². The number of aliphatic hydroxyl groups is 1. The molecule has 1 aliphatic carbocycles. The number of morpholine rings is 1. The largest absolute Gasteiger partial charge is 0.385 e. The Labute approximate surface area is 209 Å². The maximum absolute atomic E-state index is 10.6. The maximum atomic E-state index is 10.6. The van der Waals surface area contributed by atoms with Crippen molar-refractivity contribution in [2.24, 2.45) is 5.92 Å². The number of aromatic amines is 1. The summed E-state index contributed by atoms with van der Waals surface area (Å²) in [5, 5.41) is 21.7. The molecule has 5 heterocycles. The molecule has 0 aromatic carbocycles. The lowest BCUT2D eigenvalue weighted by Gasteiger charge is -2.36. The van der Waals surface area contributed by atoms with Gasteiger partial charge in [-0.05, 0) is 51.5 Å². The first kappa shape index (κ1) is 23.1. The number of H-pyrrole nitrogens is 1. The van der Waals surface area contributed by atoms with Gasteiger partial charge >= 0.3 is 0 Å². The van der Waals surface area contributed by atoms with E-state index in [1.165, 1.54) is 18.5 Å². The number of anilines is 3. The van der Waals surface area contributed by atoms with Gasteiger partial charge in [0.15, 0.2) is 11.6 Å². The van der Waals surface area contributed by atoms with Crippen LogP contribution in [-0.2, 0) is 10.3 Å². The highest BCUT2D eigenvalue weighted by atomic mass is 32.1. The van der Waals surface area contributed by atoms with E-state index in [1.807, 2.05) is 19.9 Å². The van der Waals surface area contributed by atoms with Crippen LogP contribution in [0.4, 0.5) is 17.6 Å². The number of nitrogens with zero attached hydrogens (tertiary/aromatic N) is 5. The van der Waals surface area contributed by atoms with Gasteiger partial charge in [0.25, 0.3) is 0 Å². The number of nitrogens with one attached hydrogen (secondary N) is 2. The molecule has 6 rings (SSSR count). The molecule has 2 saturated heterocycles. The molecule has 0 radical (unpaired) electrons. The number of fused-ring (bicyclic) bond motifs is 1. The van der Waals surface area contributed by atoms with Gasteiger partial charge in [-0.25, -0.2) is 4.98 Å². The van der Waals surface area contributed by atoms with Gasteiger partial charge in [-0.3, -0.25) is 10.00 Å². The Morgan fingerprint density at radius 2 is 1.89 bits per heavy atom. The van der Waals surface area contributed by atoms with Gasteiger partial charge in [-0.2, -0.15) is 10.1 Å². The van der Waals surface area contributed by atoms with Crippen molar-refractivity contribution >= 4 is 39.1 Å². The second-order valence-corrected chi connectivity index (χ2v) is 11.8. The highest BCUT2D eigenvalue weighted by Crippen LogP contribution is 2.41. The Kier molecular flexibility index (Phi) is 6.16. The van der Waals surface area contributed by atoms with E-state index in [9.17, 15) is 5.11 Å². The van der Waals surface area contributed by atoms with Crippen LogP contribution in [0.5, 0.6) is 0 Å². The average molecular weight is 498 g/mol. The number of ether oxygens (including phenoxy) is 1. The van der Waals surface area contributed by atoms with E-state index in [4.69, 9.17) is 14.7 Å². The van der Waals surface area contributed by atoms with E-state index in [0.717, 1.165) is 91.5 Å². The Morgan fingerprint density at radius 1 is 1.11 bits per heavy atom. The lowest BCUT2D eigenvalue weighted by molar-refractivity contribution is 0.0289. The summed E-state index contributed by atoms with van der Waals surface area (Å²) in [5.74, 6) is 3.61. The fourth-order valence-corrected chi connectivity index (χ4v) is 6.08. The molecule has 3 aromatic heterocycles. The minimum atomic E-state index is -0.924. The summed E-state index contributed by atoms with van der Waals surface area (Å²) in [6.07, 6.45) is 4.74. The number of hydrogen-bond donors (Lipinski definition) is 3. The number of rotatable bonds is 7. The van der Waals surface area contributed by atoms with Gasteiger partial charge < -0.3 is 20.1 Å². The van der Waals surface area contributed by atoms with Gasteiger partial charge in [0, 0.05) is 55.3 Å². The van der Waals surface area contributed by atoms with Crippen molar-refractivity contribution in [1.29, 1.82) is 0 Å². The molecule has 0 amide bonds. The molecule has 3 aromatic rings. The quantitative estimate of drug-likeness (QED) is 0.453. The van der Waals surface area contributed by atoms with Crippen molar-refractivity contribution < 1.29 is 9.84 Å². The topological polar surface area (TPSA) is 102 Å². The van der Waals surface area contributed by atoms with Gasteiger partial charge in [-0.1, -0.05) is 0 Å². The molecular formula is C25H35N7O2S. The summed E-state index contributed by atoms with van der Waals surface area (Å²) in [6, 6.07) is 4.09. The monoisotopic (exact) mass is 497 g/mol. The van der Waals surface area contributed by atoms with Crippen molar-refractivity contribution in [2.45, 2.75) is 51.0 Å². The highest BCUT2D eigenvalue weighted by Gasteiger charge is 2.28. The third kappa shape index (κ3) is 5.16. The molecule has 35 heavy (non-hydrogen) atoms. The smallest absolute Gasteiger partial charge is 0.227 e. The van der Waals surface area contributed by atoms with Gasteiger partial charge in [0.05, 0.1) is 29.0 Å². The van der Waals surface area contributed by atoms with Gasteiger partial charge in [0.2, 0.25) is 5.95 Å². The molecule has 3 fully saturated rings. The van der Waals surface area contributed by atoms with E-state index >= 15 is 0 Å². The molecule has 3 aliphatic rings. The third-order valence-electron chi connectivity index (χ3n) is 7.34. The zero-order valence-corrected chi connectivity index (χ0v) is 21.4. The first-order valence-corrected chi connectivity index (χ1v) is 13.7. The van der Waals surface area contributed by atoms with Gasteiger partial charge in [-0.15, -0.1) is 11.3 Å². The van der Waals surface area contributed by atoms with E-state index in [0.29, 0.717) is 11.8 Å². The number of piperidine rings is 1. The summed E-state index contributed by atoms with van der Waals surface area (Å²) in [7, 11) is 0. The lowest BCUT2D eigenvalue weighted by Crippen LogP contribution is -2.43. The molecule has 2 aliphatic heterocycles. The predicted molar refractivity (Wildman–Crippen MR) is 139 cm³/mol. The van der Waals surface area contributed by atoms with Gasteiger partial charge in [0.1, 0.15) is 0 Å². The van der Waals surface area contributed by atoms with Crippen molar-refractivity contribution in [3.05, 3.63) is 22.7 Å². The highest BCUT2D eigenvalue weighted by molar-refractivity contribution is 7.19. The number of thiophene rings is 1. The molecule has 0 spiro atoms. The molecule has 9 nitrogen and oxygen atoms in total. The van der Waals surface area contributed by atoms with Crippen LogP contribution in [0.15, 0.2) is 12.1 Å². The Balaban J connectivity index is 1.23. The predicted octanol–water partition coefficient (Wildman–Crippen LogP) is 3.81. The number of aromatic nitrogens is 4. The molecule has 0 atom stereocenters. The van der Waals surface area contributed by atoms with Crippen molar-refractivity contribution in [3.63, 3.8) is 0 Å². The number of hydrogen-bond acceptors (Lipinski definition) is 9. The van der Waals surface area contributed by atoms with E-state index < -0.39 is 5.60 Å². The molecule has 10 heteroatoms. The van der Waals surface area contributed by atoms with Crippen LogP contribution in [0.25, 0.3) is 10.2 Å². The second kappa shape index (κ2) is 9.31. The summed E-state index contributed by atoms with van der Waals surface area (Å²) >= 11 is 1.54.